The van der Waals surface area contributed by atoms with E-state index in [0.717, 1.165) is 6.42 Å². The summed E-state index contributed by atoms with van der Waals surface area (Å²) < 4.78 is 23.8. The van der Waals surface area contributed by atoms with E-state index in [1.165, 1.54) is 0 Å². The highest BCUT2D eigenvalue weighted by molar-refractivity contribution is 7.92. The van der Waals surface area contributed by atoms with Gasteiger partial charge in [0.1, 0.15) is 0 Å². The number of nitrogens with two attached hydrogens (primary N) is 1. The average molecular weight is 249 g/mol. The minimum Gasteiger partial charge on any atom is -0.330 e. The first kappa shape index (κ1) is 15.9. The van der Waals surface area contributed by atoms with Gasteiger partial charge in [0.15, 0.2) is 9.84 Å². The summed E-state index contributed by atoms with van der Waals surface area (Å²) in [7, 11) is -2.93. The Hall–Kier alpha value is -0.0900. The van der Waals surface area contributed by atoms with E-state index in [-0.39, 0.29) is 22.3 Å². The molecule has 0 fully saturated rings. The largest absolute Gasteiger partial charge is 0.330 e. The third-order valence-electron chi connectivity index (χ3n) is 3.34. The smallest absolute Gasteiger partial charge is 0.153 e. The molecule has 16 heavy (non-hydrogen) atoms. The van der Waals surface area contributed by atoms with E-state index in [2.05, 4.69) is 13.8 Å². The monoisotopic (exact) mass is 249 g/mol. The van der Waals surface area contributed by atoms with E-state index in [1.807, 2.05) is 13.8 Å². The summed E-state index contributed by atoms with van der Waals surface area (Å²) in [6.45, 7) is 10.5. The fourth-order valence-corrected chi connectivity index (χ4v) is 3.20. The Labute approximate surface area is 101 Å². The Bertz CT molecular complexity index is 294. The molecule has 1 unspecified atom stereocenters. The van der Waals surface area contributed by atoms with Crippen LogP contribution in [0.5, 0.6) is 0 Å². The Kier molecular flexibility index (Phi) is 5.98. The summed E-state index contributed by atoms with van der Waals surface area (Å²) in [5.74, 6) is 0.475. The molecular formula is C12H27NO2S. The van der Waals surface area contributed by atoms with Crippen molar-refractivity contribution >= 4 is 9.84 Å². The lowest BCUT2D eigenvalue weighted by Gasteiger charge is -2.23. The highest BCUT2D eigenvalue weighted by Gasteiger charge is 2.24. The van der Waals surface area contributed by atoms with Crippen molar-refractivity contribution in [2.45, 2.75) is 52.7 Å². The maximum atomic E-state index is 11.9. The lowest BCUT2D eigenvalue weighted by atomic mass is 9.88. The second kappa shape index (κ2) is 6.01. The molecule has 0 radical (unpaired) electrons. The summed E-state index contributed by atoms with van der Waals surface area (Å²) >= 11 is 0. The SMILES string of the molecule is CC(C)C(C)S(=O)(=O)CCCC(C)(C)CN. The Morgan fingerprint density at radius 3 is 2.06 bits per heavy atom. The van der Waals surface area contributed by atoms with Crippen LogP contribution >= 0.6 is 0 Å². The first-order chi connectivity index (χ1) is 7.12. The van der Waals surface area contributed by atoms with Gasteiger partial charge >= 0.3 is 0 Å². The van der Waals surface area contributed by atoms with Gasteiger partial charge in [-0.25, -0.2) is 8.42 Å². The molecule has 0 aliphatic heterocycles. The standard InChI is InChI=1S/C12H27NO2S/c1-10(2)11(3)16(14,15)8-6-7-12(4,5)9-13/h10-11H,6-9,13H2,1-5H3. The van der Waals surface area contributed by atoms with E-state index in [1.54, 1.807) is 6.92 Å². The first-order valence-corrected chi connectivity index (χ1v) is 7.75. The third-order valence-corrected chi connectivity index (χ3v) is 5.88. The first-order valence-electron chi connectivity index (χ1n) is 6.04. The molecule has 3 nitrogen and oxygen atoms in total. The average Bonchev–Trinajstić information content (AvgIpc) is 2.15. The predicted octanol–water partition coefficient (Wildman–Crippen LogP) is 2.21. The molecule has 0 spiro atoms. The van der Waals surface area contributed by atoms with Crippen LogP contribution in [-0.4, -0.2) is 26.0 Å². The zero-order valence-electron chi connectivity index (χ0n) is 11.3. The summed E-state index contributed by atoms with van der Waals surface area (Å²) in [4.78, 5) is 0. The van der Waals surface area contributed by atoms with Crippen LogP contribution in [0.3, 0.4) is 0 Å². The van der Waals surface area contributed by atoms with Gasteiger partial charge in [0.25, 0.3) is 0 Å². The van der Waals surface area contributed by atoms with Gasteiger partial charge in [-0.15, -0.1) is 0 Å². The van der Waals surface area contributed by atoms with E-state index in [0.29, 0.717) is 13.0 Å². The van der Waals surface area contributed by atoms with Gasteiger partial charge in [-0.1, -0.05) is 27.7 Å². The van der Waals surface area contributed by atoms with Crippen LogP contribution in [-0.2, 0) is 9.84 Å². The number of hydrogen-bond acceptors (Lipinski definition) is 3. The molecule has 0 aliphatic carbocycles. The van der Waals surface area contributed by atoms with Gasteiger partial charge in [0.05, 0.1) is 11.0 Å². The Balaban J connectivity index is 4.22. The van der Waals surface area contributed by atoms with Crippen LogP contribution in [0.25, 0.3) is 0 Å². The van der Waals surface area contributed by atoms with Crippen molar-refractivity contribution in [1.29, 1.82) is 0 Å². The number of sulfone groups is 1. The van der Waals surface area contributed by atoms with Gasteiger partial charge in [-0.05, 0) is 37.6 Å². The lowest BCUT2D eigenvalue weighted by Crippen LogP contribution is -2.28. The normalized spacial score (nSPS) is 15.4. The predicted molar refractivity (Wildman–Crippen MR) is 70.2 cm³/mol. The summed E-state index contributed by atoms with van der Waals surface area (Å²) in [5.41, 5.74) is 5.67. The molecule has 0 aromatic heterocycles. The molecule has 0 saturated heterocycles. The molecule has 98 valence electrons. The van der Waals surface area contributed by atoms with Crippen molar-refractivity contribution in [3.8, 4) is 0 Å². The fourth-order valence-electron chi connectivity index (χ4n) is 1.45. The minimum atomic E-state index is -2.93. The maximum absolute atomic E-state index is 11.9. The van der Waals surface area contributed by atoms with Crippen molar-refractivity contribution in [2.24, 2.45) is 17.1 Å². The van der Waals surface area contributed by atoms with Gasteiger partial charge in [0, 0.05) is 0 Å². The van der Waals surface area contributed by atoms with E-state index in [9.17, 15) is 8.42 Å². The second-order valence-electron chi connectivity index (χ2n) is 5.79. The molecule has 0 saturated carbocycles. The molecular weight excluding hydrogens is 222 g/mol. The molecule has 2 N–H and O–H groups in total. The summed E-state index contributed by atoms with van der Waals surface area (Å²) in [6, 6.07) is 0. The molecule has 4 heteroatoms. The zero-order valence-corrected chi connectivity index (χ0v) is 12.1. The Morgan fingerprint density at radius 2 is 1.69 bits per heavy atom. The van der Waals surface area contributed by atoms with Crippen LogP contribution < -0.4 is 5.73 Å². The van der Waals surface area contributed by atoms with Gasteiger partial charge in [0.2, 0.25) is 0 Å². The molecule has 0 rings (SSSR count). The van der Waals surface area contributed by atoms with E-state index < -0.39 is 9.84 Å². The van der Waals surface area contributed by atoms with E-state index >= 15 is 0 Å². The van der Waals surface area contributed by atoms with Gasteiger partial charge < -0.3 is 5.73 Å². The van der Waals surface area contributed by atoms with Crippen molar-refractivity contribution in [3.63, 3.8) is 0 Å². The fraction of sp³-hybridized carbons (Fsp3) is 1.00. The van der Waals surface area contributed by atoms with Crippen LogP contribution in [0.1, 0.15) is 47.5 Å². The maximum Gasteiger partial charge on any atom is 0.153 e. The van der Waals surface area contributed by atoms with Crippen molar-refractivity contribution < 1.29 is 8.42 Å². The highest BCUT2D eigenvalue weighted by Crippen LogP contribution is 2.22. The molecule has 0 aliphatic rings. The van der Waals surface area contributed by atoms with Crippen molar-refractivity contribution in [2.75, 3.05) is 12.3 Å². The van der Waals surface area contributed by atoms with Crippen molar-refractivity contribution in [3.05, 3.63) is 0 Å². The molecule has 0 amide bonds. The third kappa shape index (κ3) is 5.30. The van der Waals surface area contributed by atoms with Crippen LogP contribution in [0.15, 0.2) is 0 Å². The molecule has 0 heterocycles. The summed E-state index contributed by atoms with van der Waals surface area (Å²) in [5, 5.41) is -0.242. The zero-order chi connectivity index (χ0) is 13.0. The van der Waals surface area contributed by atoms with Gasteiger partial charge in [-0.2, -0.15) is 0 Å². The Morgan fingerprint density at radius 1 is 1.19 bits per heavy atom. The lowest BCUT2D eigenvalue weighted by molar-refractivity contribution is 0.343. The quantitative estimate of drug-likeness (QED) is 0.752. The molecule has 1 atom stereocenters. The molecule has 0 aromatic carbocycles. The van der Waals surface area contributed by atoms with Crippen LogP contribution in [0, 0.1) is 11.3 Å². The highest BCUT2D eigenvalue weighted by atomic mass is 32.2. The summed E-state index contributed by atoms with van der Waals surface area (Å²) in [6.07, 6.45) is 1.58. The van der Waals surface area contributed by atoms with E-state index in [4.69, 9.17) is 5.73 Å². The van der Waals surface area contributed by atoms with Crippen molar-refractivity contribution in [1.82, 2.24) is 0 Å². The molecule has 0 aromatic rings. The molecule has 0 bridgehead atoms. The second-order valence-corrected chi connectivity index (χ2v) is 8.27. The minimum absolute atomic E-state index is 0.0522. The van der Waals surface area contributed by atoms with Crippen LogP contribution in [0.2, 0.25) is 0 Å². The number of rotatable bonds is 7. The topological polar surface area (TPSA) is 60.2 Å². The van der Waals surface area contributed by atoms with Crippen LogP contribution in [0.4, 0.5) is 0 Å². The number of hydrogen-bond donors (Lipinski definition) is 1. The van der Waals surface area contributed by atoms with Gasteiger partial charge in [-0.3, -0.25) is 0 Å².